The second kappa shape index (κ2) is 5.35. The van der Waals surface area contributed by atoms with Crippen molar-refractivity contribution in [1.29, 1.82) is 0 Å². The highest BCUT2D eigenvalue weighted by Crippen LogP contribution is 2.21. The number of amidine groups is 1. The standard InChI is InChI=1S/C14H15N5O2/c15-13(18-21)12-2-1-7-19(12)14(20)9-3-4-10-11(8-9)17-6-5-16-10/h3-6,8,12,21H,1-2,7H2,(H2,15,18). The van der Waals surface area contributed by atoms with Gasteiger partial charge < -0.3 is 15.8 Å². The minimum atomic E-state index is -0.347. The molecular weight excluding hydrogens is 270 g/mol. The van der Waals surface area contributed by atoms with Gasteiger partial charge in [0.15, 0.2) is 5.84 Å². The Morgan fingerprint density at radius 1 is 1.33 bits per heavy atom. The first-order chi connectivity index (χ1) is 10.2. The van der Waals surface area contributed by atoms with Gasteiger partial charge in [0.25, 0.3) is 5.91 Å². The van der Waals surface area contributed by atoms with E-state index in [2.05, 4.69) is 15.1 Å². The predicted molar refractivity (Wildman–Crippen MR) is 77.0 cm³/mol. The van der Waals surface area contributed by atoms with Gasteiger partial charge in [0.2, 0.25) is 0 Å². The molecule has 1 aromatic carbocycles. The van der Waals surface area contributed by atoms with Gasteiger partial charge >= 0.3 is 0 Å². The molecule has 1 unspecified atom stereocenters. The van der Waals surface area contributed by atoms with Crippen LogP contribution in [-0.4, -0.2) is 44.4 Å². The van der Waals surface area contributed by atoms with Gasteiger partial charge in [-0.15, -0.1) is 0 Å². The van der Waals surface area contributed by atoms with E-state index in [4.69, 9.17) is 10.9 Å². The number of carbonyl (C=O) groups is 1. The fraction of sp³-hybridized carbons (Fsp3) is 0.286. The zero-order valence-corrected chi connectivity index (χ0v) is 11.3. The minimum Gasteiger partial charge on any atom is -0.409 e. The first kappa shape index (κ1) is 13.3. The molecule has 1 saturated heterocycles. The van der Waals surface area contributed by atoms with Crippen LogP contribution in [0, 0.1) is 0 Å². The Morgan fingerprint density at radius 3 is 2.86 bits per heavy atom. The van der Waals surface area contributed by atoms with Gasteiger partial charge in [-0.25, -0.2) is 0 Å². The highest BCUT2D eigenvalue weighted by Gasteiger charge is 2.32. The van der Waals surface area contributed by atoms with Crippen molar-refractivity contribution in [1.82, 2.24) is 14.9 Å². The zero-order chi connectivity index (χ0) is 14.8. The summed E-state index contributed by atoms with van der Waals surface area (Å²) in [5.41, 5.74) is 7.60. The normalized spacial score (nSPS) is 19.1. The van der Waals surface area contributed by atoms with Crippen LogP contribution in [-0.2, 0) is 0 Å². The maximum atomic E-state index is 12.6. The van der Waals surface area contributed by atoms with Crippen molar-refractivity contribution in [3.63, 3.8) is 0 Å². The summed E-state index contributed by atoms with van der Waals surface area (Å²) in [6, 6.07) is 4.86. The maximum absolute atomic E-state index is 12.6. The van der Waals surface area contributed by atoms with Crippen LogP contribution in [0.5, 0.6) is 0 Å². The molecule has 0 bridgehead atoms. The van der Waals surface area contributed by atoms with Gasteiger partial charge in [0.1, 0.15) is 0 Å². The van der Waals surface area contributed by atoms with Crippen LogP contribution in [0.1, 0.15) is 23.2 Å². The number of amides is 1. The molecule has 3 rings (SSSR count). The third-order valence-corrected chi connectivity index (χ3v) is 3.69. The summed E-state index contributed by atoms with van der Waals surface area (Å²) in [4.78, 5) is 22.6. The number of nitrogens with zero attached hydrogens (tertiary/aromatic N) is 4. The van der Waals surface area contributed by atoms with Crippen molar-refractivity contribution >= 4 is 22.8 Å². The third kappa shape index (κ3) is 2.37. The van der Waals surface area contributed by atoms with E-state index >= 15 is 0 Å². The number of benzene rings is 1. The Hall–Kier alpha value is -2.70. The lowest BCUT2D eigenvalue weighted by atomic mass is 10.1. The largest absolute Gasteiger partial charge is 0.409 e. The number of carbonyl (C=O) groups excluding carboxylic acids is 1. The predicted octanol–water partition coefficient (Wildman–Crippen LogP) is 0.981. The maximum Gasteiger partial charge on any atom is 0.254 e. The van der Waals surface area contributed by atoms with E-state index < -0.39 is 0 Å². The second-order valence-corrected chi connectivity index (χ2v) is 4.94. The zero-order valence-electron chi connectivity index (χ0n) is 11.3. The molecule has 1 atom stereocenters. The molecule has 2 aromatic rings. The number of nitrogens with two attached hydrogens (primary N) is 1. The topological polar surface area (TPSA) is 105 Å². The van der Waals surface area contributed by atoms with Gasteiger partial charge in [-0.05, 0) is 31.0 Å². The van der Waals surface area contributed by atoms with Gasteiger partial charge in [-0.2, -0.15) is 0 Å². The molecule has 1 fully saturated rings. The Kier molecular flexibility index (Phi) is 3.39. The summed E-state index contributed by atoms with van der Waals surface area (Å²) >= 11 is 0. The van der Waals surface area contributed by atoms with Crippen LogP contribution in [0.2, 0.25) is 0 Å². The average molecular weight is 285 g/mol. The molecule has 1 aliphatic heterocycles. The van der Waals surface area contributed by atoms with Gasteiger partial charge in [-0.1, -0.05) is 5.16 Å². The summed E-state index contributed by atoms with van der Waals surface area (Å²) in [5, 5.41) is 11.8. The molecule has 1 aliphatic rings. The Labute approximate surface area is 121 Å². The van der Waals surface area contributed by atoms with E-state index in [1.165, 1.54) is 0 Å². The molecule has 0 spiro atoms. The molecule has 1 aromatic heterocycles. The molecule has 108 valence electrons. The third-order valence-electron chi connectivity index (χ3n) is 3.69. The van der Waals surface area contributed by atoms with E-state index in [1.54, 1.807) is 35.5 Å². The van der Waals surface area contributed by atoms with Crippen LogP contribution in [0.25, 0.3) is 11.0 Å². The van der Waals surface area contributed by atoms with Gasteiger partial charge in [0.05, 0.1) is 17.1 Å². The van der Waals surface area contributed by atoms with Crippen molar-refractivity contribution in [2.45, 2.75) is 18.9 Å². The summed E-state index contributed by atoms with van der Waals surface area (Å²) in [6.07, 6.45) is 4.74. The molecular formula is C14H15N5O2. The molecule has 0 aliphatic carbocycles. The number of hydrogen-bond acceptors (Lipinski definition) is 5. The fourth-order valence-corrected chi connectivity index (χ4v) is 2.65. The van der Waals surface area contributed by atoms with Crippen molar-refractivity contribution in [3.05, 3.63) is 36.2 Å². The van der Waals surface area contributed by atoms with Crippen LogP contribution >= 0.6 is 0 Å². The summed E-state index contributed by atoms with van der Waals surface area (Å²) in [5.74, 6) is -0.0712. The molecule has 7 nitrogen and oxygen atoms in total. The number of rotatable bonds is 2. The highest BCUT2D eigenvalue weighted by atomic mass is 16.4. The molecule has 0 saturated carbocycles. The minimum absolute atomic E-state index is 0.0708. The van der Waals surface area contributed by atoms with E-state index in [0.29, 0.717) is 24.0 Å². The quantitative estimate of drug-likeness (QED) is 0.370. The first-order valence-electron chi connectivity index (χ1n) is 6.70. The van der Waals surface area contributed by atoms with Gasteiger partial charge in [-0.3, -0.25) is 14.8 Å². The van der Waals surface area contributed by atoms with Crippen molar-refractivity contribution in [3.8, 4) is 0 Å². The van der Waals surface area contributed by atoms with Crippen LogP contribution in [0.15, 0.2) is 35.7 Å². The van der Waals surface area contributed by atoms with Crippen molar-refractivity contribution in [2.24, 2.45) is 10.9 Å². The van der Waals surface area contributed by atoms with Crippen LogP contribution < -0.4 is 5.73 Å². The Bertz CT molecular complexity index is 715. The summed E-state index contributed by atoms with van der Waals surface area (Å²) < 4.78 is 0. The monoisotopic (exact) mass is 285 g/mol. The first-order valence-corrected chi connectivity index (χ1v) is 6.70. The summed E-state index contributed by atoms with van der Waals surface area (Å²) in [6.45, 7) is 0.595. The lowest BCUT2D eigenvalue weighted by Crippen LogP contribution is -2.43. The van der Waals surface area contributed by atoms with Crippen LogP contribution in [0.3, 0.4) is 0 Å². The Morgan fingerprint density at radius 2 is 2.10 bits per heavy atom. The number of hydrogen-bond donors (Lipinski definition) is 2. The molecule has 7 heteroatoms. The van der Waals surface area contributed by atoms with Crippen LogP contribution in [0.4, 0.5) is 0 Å². The molecule has 3 N–H and O–H groups in total. The fourth-order valence-electron chi connectivity index (χ4n) is 2.65. The number of oxime groups is 1. The lowest BCUT2D eigenvalue weighted by Gasteiger charge is -2.23. The average Bonchev–Trinajstić information content (AvgIpc) is 3.02. The molecule has 21 heavy (non-hydrogen) atoms. The number of aromatic nitrogens is 2. The van der Waals surface area contributed by atoms with E-state index in [1.807, 2.05) is 0 Å². The number of likely N-dealkylation sites (tertiary alicyclic amines) is 1. The SMILES string of the molecule is NC(=NO)C1CCCN1C(=O)c1ccc2nccnc2c1. The Balaban J connectivity index is 1.92. The highest BCUT2D eigenvalue weighted by molar-refractivity contribution is 6.00. The van der Waals surface area contributed by atoms with E-state index in [0.717, 1.165) is 11.9 Å². The van der Waals surface area contributed by atoms with Crippen molar-refractivity contribution < 1.29 is 10.0 Å². The number of fused-ring (bicyclic) bond motifs is 1. The molecule has 0 radical (unpaired) electrons. The van der Waals surface area contributed by atoms with E-state index in [-0.39, 0.29) is 17.8 Å². The molecule has 1 amide bonds. The van der Waals surface area contributed by atoms with E-state index in [9.17, 15) is 4.79 Å². The molecule has 2 heterocycles. The van der Waals surface area contributed by atoms with Crippen molar-refractivity contribution in [2.75, 3.05) is 6.54 Å². The summed E-state index contributed by atoms with van der Waals surface area (Å²) in [7, 11) is 0. The second-order valence-electron chi connectivity index (χ2n) is 4.94. The lowest BCUT2D eigenvalue weighted by molar-refractivity contribution is 0.0768. The van der Waals surface area contributed by atoms with Gasteiger partial charge in [0, 0.05) is 24.5 Å². The smallest absolute Gasteiger partial charge is 0.254 e.